The van der Waals surface area contributed by atoms with E-state index in [9.17, 15) is 22.8 Å². The number of alkyl halides is 3. The SMILES string of the molecule is C[C@H]1CCCN(Cc2cc(C(F)(F)F)c3nn(-c4cccc([C@@]5(C)CCNC(=O)C5)c4)c(=O)n3c2)C1. The fraction of sp³-hybridized carbons (Fsp3) is 0.500. The number of likely N-dealkylation sites (tertiary alicyclic amines) is 1. The van der Waals surface area contributed by atoms with Crippen LogP contribution in [0, 0.1) is 5.92 Å². The molecule has 2 aliphatic rings. The lowest BCUT2D eigenvalue weighted by atomic mass is 9.74. The number of fused-ring (bicyclic) bond motifs is 1. The van der Waals surface area contributed by atoms with Gasteiger partial charge in [-0.1, -0.05) is 26.0 Å². The summed E-state index contributed by atoms with van der Waals surface area (Å²) in [6, 6.07) is 8.13. The van der Waals surface area contributed by atoms with Crippen LogP contribution < -0.4 is 11.0 Å². The van der Waals surface area contributed by atoms with Gasteiger partial charge in [0.2, 0.25) is 5.91 Å². The predicted molar refractivity (Wildman–Crippen MR) is 129 cm³/mol. The van der Waals surface area contributed by atoms with Crippen molar-refractivity contribution in [3.05, 3.63) is 63.7 Å². The van der Waals surface area contributed by atoms with Crippen LogP contribution in [0.4, 0.5) is 13.2 Å². The number of halogens is 3. The van der Waals surface area contributed by atoms with Crippen LogP contribution in [0.25, 0.3) is 11.3 Å². The summed E-state index contributed by atoms with van der Waals surface area (Å²) >= 11 is 0. The van der Waals surface area contributed by atoms with Crippen molar-refractivity contribution < 1.29 is 18.0 Å². The van der Waals surface area contributed by atoms with Crippen LogP contribution in [0.3, 0.4) is 0 Å². The van der Waals surface area contributed by atoms with Gasteiger partial charge in [-0.3, -0.25) is 9.69 Å². The zero-order chi connectivity index (χ0) is 25.7. The van der Waals surface area contributed by atoms with E-state index in [-0.39, 0.29) is 5.91 Å². The maximum Gasteiger partial charge on any atom is 0.420 e. The average molecular weight is 502 g/mol. The fourth-order valence-electron chi connectivity index (χ4n) is 5.53. The van der Waals surface area contributed by atoms with Crippen LogP contribution in [-0.2, 0) is 22.9 Å². The molecule has 0 aliphatic carbocycles. The Hall–Kier alpha value is -3.14. The molecule has 2 fully saturated rings. The van der Waals surface area contributed by atoms with Crippen LogP contribution >= 0.6 is 0 Å². The largest absolute Gasteiger partial charge is 0.420 e. The minimum atomic E-state index is -4.66. The molecule has 5 rings (SSSR count). The zero-order valence-electron chi connectivity index (χ0n) is 20.4. The van der Waals surface area contributed by atoms with Crippen molar-refractivity contribution in [1.82, 2.24) is 24.4 Å². The lowest BCUT2D eigenvalue weighted by molar-refractivity contribution is -0.136. The van der Waals surface area contributed by atoms with E-state index in [1.807, 2.05) is 13.0 Å². The van der Waals surface area contributed by atoms with Crippen LogP contribution in [0.1, 0.15) is 56.2 Å². The molecule has 192 valence electrons. The summed E-state index contributed by atoms with van der Waals surface area (Å²) < 4.78 is 44.2. The Kier molecular flexibility index (Phi) is 6.18. The maximum absolute atomic E-state index is 14.1. The number of pyridine rings is 1. The number of nitrogens with zero attached hydrogens (tertiary/aromatic N) is 4. The molecular formula is C26H30F3N5O2. The van der Waals surface area contributed by atoms with Crippen molar-refractivity contribution in [2.45, 2.75) is 57.7 Å². The van der Waals surface area contributed by atoms with Crippen LogP contribution in [0.15, 0.2) is 41.3 Å². The van der Waals surface area contributed by atoms with Gasteiger partial charge >= 0.3 is 11.9 Å². The molecule has 7 nitrogen and oxygen atoms in total. The molecule has 0 unspecified atom stereocenters. The highest BCUT2D eigenvalue weighted by Gasteiger charge is 2.36. The predicted octanol–water partition coefficient (Wildman–Crippen LogP) is 3.90. The molecule has 0 saturated carbocycles. The smallest absolute Gasteiger partial charge is 0.356 e. The molecule has 2 atom stereocenters. The third kappa shape index (κ3) is 4.66. The van der Waals surface area contributed by atoms with E-state index in [2.05, 4.69) is 22.2 Å². The number of carbonyl (C=O) groups excluding carboxylic acids is 1. The summed E-state index contributed by atoms with van der Waals surface area (Å²) in [5, 5.41) is 6.94. The van der Waals surface area contributed by atoms with Gasteiger partial charge < -0.3 is 5.32 Å². The van der Waals surface area contributed by atoms with E-state index in [0.29, 0.717) is 36.7 Å². The molecule has 2 saturated heterocycles. The van der Waals surface area contributed by atoms with Crippen LogP contribution in [0.2, 0.25) is 0 Å². The minimum absolute atomic E-state index is 0.0514. The third-order valence-corrected chi connectivity index (χ3v) is 7.47. The molecule has 0 bridgehead atoms. The quantitative estimate of drug-likeness (QED) is 0.589. The Bertz CT molecular complexity index is 1360. The van der Waals surface area contributed by atoms with Gasteiger partial charge in [0.1, 0.15) is 5.56 Å². The monoisotopic (exact) mass is 501 g/mol. The first-order chi connectivity index (χ1) is 17.0. The minimum Gasteiger partial charge on any atom is -0.356 e. The Morgan fingerprint density at radius 3 is 2.75 bits per heavy atom. The molecule has 1 amide bonds. The van der Waals surface area contributed by atoms with Gasteiger partial charge in [-0.25, -0.2) is 9.20 Å². The second-order valence-corrected chi connectivity index (χ2v) is 10.5. The number of piperidine rings is 2. The number of benzene rings is 1. The van der Waals surface area contributed by atoms with Crippen LogP contribution in [-0.4, -0.2) is 44.6 Å². The molecule has 4 heterocycles. The summed E-state index contributed by atoms with van der Waals surface area (Å²) in [6.45, 7) is 6.64. The third-order valence-electron chi connectivity index (χ3n) is 7.47. The summed E-state index contributed by atoms with van der Waals surface area (Å²) in [5.74, 6) is 0.434. The number of carbonyl (C=O) groups is 1. The van der Waals surface area contributed by atoms with E-state index in [1.54, 1.807) is 18.2 Å². The first-order valence-electron chi connectivity index (χ1n) is 12.3. The van der Waals surface area contributed by atoms with Gasteiger partial charge in [0.15, 0.2) is 5.65 Å². The number of rotatable bonds is 4. The van der Waals surface area contributed by atoms with E-state index in [4.69, 9.17) is 0 Å². The maximum atomic E-state index is 14.1. The van der Waals surface area contributed by atoms with Gasteiger partial charge in [-0.05, 0) is 61.1 Å². The molecule has 10 heteroatoms. The number of amides is 1. The van der Waals surface area contributed by atoms with Crippen molar-refractivity contribution in [3.63, 3.8) is 0 Å². The lowest BCUT2D eigenvalue weighted by Gasteiger charge is -2.34. The fourth-order valence-corrected chi connectivity index (χ4v) is 5.53. The Morgan fingerprint density at radius 2 is 2.03 bits per heavy atom. The molecule has 2 aliphatic heterocycles. The van der Waals surface area contributed by atoms with Crippen molar-refractivity contribution >= 4 is 11.6 Å². The normalized spacial score (nSPS) is 23.7. The molecule has 1 aromatic carbocycles. The lowest BCUT2D eigenvalue weighted by Crippen LogP contribution is -2.41. The van der Waals surface area contributed by atoms with E-state index in [1.165, 1.54) is 6.20 Å². The highest BCUT2D eigenvalue weighted by atomic mass is 19.4. The van der Waals surface area contributed by atoms with E-state index in [0.717, 1.165) is 53.1 Å². The number of nitrogens with one attached hydrogen (secondary N) is 1. The Balaban J connectivity index is 1.57. The molecule has 36 heavy (non-hydrogen) atoms. The Labute approximate surface area is 206 Å². The number of aromatic nitrogens is 3. The van der Waals surface area contributed by atoms with Gasteiger partial charge in [0.05, 0.1) is 5.69 Å². The molecule has 1 N–H and O–H groups in total. The summed E-state index contributed by atoms with van der Waals surface area (Å²) in [5.41, 5.74) is -0.794. The summed E-state index contributed by atoms with van der Waals surface area (Å²) in [6.07, 6.45) is -0.0476. The topological polar surface area (TPSA) is 71.6 Å². The van der Waals surface area contributed by atoms with Crippen molar-refractivity contribution in [1.29, 1.82) is 0 Å². The zero-order valence-corrected chi connectivity index (χ0v) is 20.4. The summed E-state index contributed by atoms with van der Waals surface area (Å²) in [7, 11) is 0. The summed E-state index contributed by atoms with van der Waals surface area (Å²) in [4.78, 5) is 27.5. The van der Waals surface area contributed by atoms with Gasteiger partial charge in [-0.15, -0.1) is 5.10 Å². The molecule has 0 radical (unpaired) electrons. The average Bonchev–Trinajstić information content (AvgIpc) is 3.14. The second-order valence-electron chi connectivity index (χ2n) is 10.5. The molecule has 2 aromatic heterocycles. The molecular weight excluding hydrogens is 471 g/mol. The first-order valence-corrected chi connectivity index (χ1v) is 12.3. The molecule has 0 spiro atoms. The first kappa shape index (κ1) is 24.5. The van der Waals surface area contributed by atoms with Gasteiger partial charge in [0, 0.05) is 37.7 Å². The highest BCUT2D eigenvalue weighted by molar-refractivity contribution is 5.78. The molecule has 3 aromatic rings. The van der Waals surface area contributed by atoms with Crippen molar-refractivity contribution in [2.75, 3.05) is 19.6 Å². The van der Waals surface area contributed by atoms with Gasteiger partial charge in [0.25, 0.3) is 0 Å². The second kappa shape index (κ2) is 9.06. The Morgan fingerprint density at radius 1 is 1.22 bits per heavy atom. The van der Waals surface area contributed by atoms with Crippen molar-refractivity contribution in [3.8, 4) is 5.69 Å². The van der Waals surface area contributed by atoms with E-state index >= 15 is 0 Å². The van der Waals surface area contributed by atoms with E-state index < -0.39 is 28.5 Å². The number of hydrogen-bond donors (Lipinski definition) is 1. The van der Waals surface area contributed by atoms with Crippen LogP contribution in [0.5, 0.6) is 0 Å². The number of hydrogen-bond acceptors (Lipinski definition) is 4. The van der Waals surface area contributed by atoms with Gasteiger partial charge in [-0.2, -0.15) is 17.9 Å². The standard InChI is InChI=1S/C26H30F3N5O2/c1-17-5-4-10-32(14-17)15-18-11-21(26(27,28)29)23-31-34(24(36)33(23)16-18)20-7-3-6-19(12-20)25(2)8-9-30-22(35)13-25/h3,6-7,11-12,16-17H,4-5,8-10,13-15H2,1-2H3,(H,30,35)/t17-,25-/m0/s1. The highest BCUT2D eigenvalue weighted by Crippen LogP contribution is 2.35. The van der Waals surface area contributed by atoms with Crippen molar-refractivity contribution in [2.24, 2.45) is 5.92 Å².